The number of benzene rings is 3. The van der Waals surface area contributed by atoms with Crippen molar-refractivity contribution in [1.82, 2.24) is 20.1 Å². The standard InChI is InChI=1S/C34H42N4O5S/c1-4-5-17-33(40)38(36-34(41)30-16-11-20-35-30)31(21-26-12-7-6-8-13-26)32(39)24-37(23-25(2)3)44(42,43)29-19-18-27-14-9-10-15-28(27)22-29/h1,6-10,12-15,18-19,22,25,30-32,35,39H,5,11,16-17,20-21,23-24H2,2-3H3,(H,36,41)/t30?,31-,32+/m0/s1. The molecule has 44 heavy (non-hydrogen) atoms. The van der Waals surface area contributed by atoms with Gasteiger partial charge in [0.05, 0.1) is 23.1 Å². The molecule has 0 aliphatic carbocycles. The van der Waals surface area contributed by atoms with Crippen LogP contribution in [0.2, 0.25) is 0 Å². The molecular formula is C34H42N4O5S. The number of hydrazine groups is 1. The lowest BCUT2D eigenvalue weighted by Crippen LogP contribution is -2.61. The number of aliphatic hydroxyl groups is 1. The fourth-order valence-electron chi connectivity index (χ4n) is 5.48. The van der Waals surface area contributed by atoms with Crippen LogP contribution in [0.4, 0.5) is 0 Å². The van der Waals surface area contributed by atoms with Gasteiger partial charge in [0.1, 0.15) is 0 Å². The first-order valence-corrected chi connectivity index (χ1v) is 16.5. The lowest BCUT2D eigenvalue weighted by Gasteiger charge is -2.37. The molecule has 3 aromatic carbocycles. The molecule has 0 aromatic heterocycles. The van der Waals surface area contributed by atoms with E-state index in [-0.39, 0.29) is 49.1 Å². The van der Waals surface area contributed by atoms with E-state index in [2.05, 4.69) is 16.7 Å². The lowest BCUT2D eigenvalue weighted by atomic mass is 9.99. The van der Waals surface area contributed by atoms with E-state index in [0.29, 0.717) is 13.0 Å². The van der Waals surface area contributed by atoms with Crippen molar-refractivity contribution in [2.45, 2.75) is 69.0 Å². The van der Waals surface area contributed by atoms with Gasteiger partial charge in [-0.15, -0.1) is 12.3 Å². The summed E-state index contributed by atoms with van der Waals surface area (Å²) in [6.07, 6.45) is 5.83. The van der Waals surface area contributed by atoms with Gasteiger partial charge in [-0.3, -0.25) is 15.0 Å². The molecule has 3 aromatic rings. The Hall–Kier alpha value is -3.75. The van der Waals surface area contributed by atoms with E-state index < -0.39 is 34.1 Å². The molecule has 1 aliphatic rings. The Labute approximate surface area is 260 Å². The molecule has 0 radical (unpaired) electrons. The highest BCUT2D eigenvalue weighted by atomic mass is 32.2. The van der Waals surface area contributed by atoms with Crippen LogP contribution in [0.15, 0.2) is 77.7 Å². The fraction of sp³-hybridized carbons (Fsp3) is 0.412. The number of nitrogens with one attached hydrogen (secondary N) is 2. The molecule has 0 bridgehead atoms. The fourth-order valence-corrected chi connectivity index (χ4v) is 7.13. The molecule has 234 valence electrons. The molecule has 3 N–H and O–H groups in total. The highest BCUT2D eigenvalue weighted by Gasteiger charge is 2.37. The number of amides is 2. The molecule has 1 unspecified atom stereocenters. The lowest BCUT2D eigenvalue weighted by molar-refractivity contribution is -0.148. The van der Waals surface area contributed by atoms with Crippen LogP contribution in [-0.4, -0.2) is 72.5 Å². The Kier molecular flexibility index (Phi) is 11.5. The van der Waals surface area contributed by atoms with Crippen molar-refractivity contribution in [3.8, 4) is 12.3 Å². The summed E-state index contributed by atoms with van der Waals surface area (Å²) in [6, 6.07) is 20.3. The van der Waals surface area contributed by atoms with Crippen molar-refractivity contribution in [3.05, 3.63) is 78.4 Å². The van der Waals surface area contributed by atoms with Crippen molar-refractivity contribution < 1.29 is 23.1 Å². The molecule has 9 nitrogen and oxygen atoms in total. The zero-order chi connectivity index (χ0) is 31.7. The second-order valence-corrected chi connectivity index (χ2v) is 13.6. The van der Waals surface area contributed by atoms with E-state index in [1.165, 1.54) is 9.31 Å². The summed E-state index contributed by atoms with van der Waals surface area (Å²) in [5, 5.41) is 17.9. The van der Waals surface area contributed by atoms with Crippen LogP contribution < -0.4 is 10.7 Å². The minimum absolute atomic E-state index is 0.0437. The topological polar surface area (TPSA) is 119 Å². The Balaban J connectivity index is 1.69. The van der Waals surface area contributed by atoms with Crippen molar-refractivity contribution in [1.29, 1.82) is 0 Å². The zero-order valence-electron chi connectivity index (χ0n) is 25.4. The highest BCUT2D eigenvalue weighted by molar-refractivity contribution is 7.89. The van der Waals surface area contributed by atoms with Gasteiger partial charge >= 0.3 is 0 Å². The molecule has 1 fully saturated rings. The molecule has 3 atom stereocenters. The summed E-state index contributed by atoms with van der Waals surface area (Å²) in [6.45, 7) is 4.35. The number of sulfonamides is 1. The second kappa shape index (κ2) is 15.3. The number of terminal acetylenes is 1. The number of carbonyl (C=O) groups is 2. The summed E-state index contributed by atoms with van der Waals surface area (Å²) in [5.74, 6) is 1.57. The van der Waals surface area contributed by atoms with Crippen LogP contribution in [0.1, 0.15) is 45.1 Å². The minimum atomic E-state index is -4.04. The average molecular weight is 619 g/mol. The van der Waals surface area contributed by atoms with Gasteiger partial charge in [0.25, 0.3) is 5.91 Å². The van der Waals surface area contributed by atoms with Gasteiger partial charge in [0.15, 0.2) is 0 Å². The first kappa shape index (κ1) is 33.1. The van der Waals surface area contributed by atoms with Crippen LogP contribution >= 0.6 is 0 Å². The summed E-state index contributed by atoms with van der Waals surface area (Å²) in [4.78, 5) is 26.9. The number of hydrogen-bond acceptors (Lipinski definition) is 6. The number of aliphatic hydroxyl groups excluding tert-OH is 1. The van der Waals surface area contributed by atoms with Crippen LogP contribution in [0.25, 0.3) is 10.8 Å². The molecule has 1 heterocycles. The van der Waals surface area contributed by atoms with Crippen molar-refractivity contribution in [2.24, 2.45) is 5.92 Å². The highest BCUT2D eigenvalue weighted by Crippen LogP contribution is 2.24. The molecule has 4 rings (SSSR count). The Morgan fingerprint density at radius 3 is 2.41 bits per heavy atom. The molecule has 0 spiro atoms. The number of nitrogens with zero attached hydrogens (tertiary/aromatic N) is 2. The van der Waals surface area contributed by atoms with E-state index >= 15 is 0 Å². The predicted molar refractivity (Wildman–Crippen MR) is 172 cm³/mol. The number of hydrogen-bond donors (Lipinski definition) is 3. The van der Waals surface area contributed by atoms with Gasteiger partial charge < -0.3 is 10.4 Å². The second-order valence-electron chi connectivity index (χ2n) is 11.6. The SMILES string of the molecule is C#CCCC(=O)N(NC(=O)C1CCCN1)[C@@H](Cc1ccccc1)[C@H](O)CN(CC(C)C)S(=O)(=O)c1ccc2ccccc2c1. The van der Waals surface area contributed by atoms with Gasteiger partial charge in [0, 0.05) is 25.9 Å². The van der Waals surface area contributed by atoms with E-state index in [1.807, 2.05) is 68.4 Å². The number of carbonyl (C=O) groups excluding carboxylic acids is 2. The van der Waals surface area contributed by atoms with Gasteiger partial charge in [-0.25, -0.2) is 13.4 Å². The molecule has 2 amide bonds. The predicted octanol–water partition coefficient (Wildman–Crippen LogP) is 3.48. The van der Waals surface area contributed by atoms with Gasteiger partial charge in [-0.1, -0.05) is 74.5 Å². The normalized spacial score (nSPS) is 16.5. The number of fused-ring (bicyclic) bond motifs is 1. The van der Waals surface area contributed by atoms with Gasteiger partial charge in [-0.05, 0) is 60.2 Å². The largest absolute Gasteiger partial charge is 0.390 e. The first-order chi connectivity index (χ1) is 21.1. The number of rotatable bonds is 13. The first-order valence-electron chi connectivity index (χ1n) is 15.1. The maximum atomic E-state index is 14.1. The Morgan fingerprint density at radius 2 is 1.75 bits per heavy atom. The smallest absolute Gasteiger partial charge is 0.255 e. The maximum Gasteiger partial charge on any atom is 0.255 e. The van der Waals surface area contributed by atoms with Crippen LogP contribution in [0.5, 0.6) is 0 Å². The van der Waals surface area contributed by atoms with Crippen molar-refractivity contribution >= 4 is 32.6 Å². The third kappa shape index (κ3) is 8.45. The minimum Gasteiger partial charge on any atom is -0.390 e. The average Bonchev–Trinajstić information content (AvgIpc) is 3.56. The third-order valence-electron chi connectivity index (χ3n) is 7.74. The van der Waals surface area contributed by atoms with Crippen LogP contribution in [0.3, 0.4) is 0 Å². The van der Waals surface area contributed by atoms with E-state index in [1.54, 1.807) is 18.2 Å². The van der Waals surface area contributed by atoms with E-state index in [4.69, 9.17) is 6.42 Å². The molecular weight excluding hydrogens is 576 g/mol. The van der Waals surface area contributed by atoms with Gasteiger partial charge in [-0.2, -0.15) is 4.31 Å². The summed E-state index contributed by atoms with van der Waals surface area (Å²) in [5.41, 5.74) is 3.57. The van der Waals surface area contributed by atoms with Crippen LogP contribution in [-0.2, 0) is 26.0 Å². The summed E-state index contributed by atoms with van der Waals surface area (Å²) in [7, 11) is -4.04. The monoisotopic (exact) mass is 618 g/mol. The summed E-state index contributed by atoms with van der Waals surface area (Å²) < 4.78 is 29.4. The Morgan fingerprint density at radius 1 is 1.05 bits per heavy atom. The molecule has 10 heteroatoms. The van der Waals surface area contributed by atoms with Crippen molar-refractivity contribution in [2.75, 3.05) is 19.6 Å². The quantitative estimate of drug-likeness (QED) is 0.199. The maximum absolute atomic E-state index is 14.1. The van der Waals surface area contributed by atoms with E-state index in [0.717, 1.165) is 22.8 Å². The Bertz CT molecular complexity index is 1570. The summed E-state index contributed by atoms with van der Waals surface area (Å²) >= 11 is 0. The van der Waals surface area contributed by atoms with Crippen LogP contribution in [0, 0.1) is 18.3 Å². The molecule has 1 aliphatic heterocycles. The molecule has 0 saturated carbocycles. The van der Waals surface area contributed by atoms with Crippen molar-refractivity contribution in [3.63, 3.8) is 0 Å². The molecule has 1 saturated heterocycles. The van der Waals surface area contributed by atoms with E-state index in [9.17, 15) is 23.1 Å². The zero-order valence-corrected chi connectivity index (χ0v) is 26.2. The third-order valence-corrected chi connectivity index (χ3v) is 9.57. The van der Waals surface area contributed by atoms with Gasteiger partial charge in [0.2, 0.25) is 15.9 Å².